The second kappa shape index (κ2) is 7.95. The highest BCUT2D eigenvalue weighted by atomic mass is 16.2. The molecule has 1 aliphatic rings. The largest absolute Gasteiger partial charge is 0.343 e. The first kappa shape index (κ1) is 14.1. The van der Waals surface area contributed by atoms with E-state index in [9.17, 15) is 4.79 Å². The molecule has 0 aliphatic carbocycles. The van der Waals surface area contributed by atoms with Crippen molar-refractivity contribution in [3.05, 3.63) is 35.9 Å². The third kappa shape index (κ3) is 5.03. The number of carbonyl (C=O) groups is 1. The molecule has 3 nitrogen and oxygen atoms in total. The molecule has 19 heavy (non-hydrogen) atoms. The predicted molar refractivity (Wildman–Crippen MR) is 77.8 cm³/mol. The summed E-state index contributed by atoms with van der Waals surface area (Å²) in [5.41, 5.74) is 1.27. The van der Waals surface area contributed by atoms with E-state index < -0.39 is 0 Å². The molecule has 1 fully saturated rings. The molecule has 2 rings (SSSR count). The van der Waals surface area contributed by atoms with Crippen LogP contribution in [0, 0.1) is 0 Å². The van der Waals surface area contributed by atoms with Crippen LogP contribution in [0.4, 0.5) is 0 Å². The summed E-state index contributed by atoms with van der Waals surface area (Å²) in [6.45, 7) is 3.52. The van der Waals surface area contributed by atoms with Gasteiger partial charge in [0.2, 0.25) is 5.91 Å². The number of benzene rings is 1. The average molecular weight is 260 g/mol. The summed E-state index contributed by atoms with van der Waals surface area (Å²) in [6.07, 6.45) is 5.51. The third-order valence-electron chi connectivity index (χ3n) is 3.65. The number of rotatable bonds is 5. The van der Waals surface area contributed by atoms with Crippen molar-refractivity contribution in [3.8, 4) is 0 Å². The van der Waals surface area contributed by atoms with Crippen molar-refractivity contribution in [2.24, 2.45) is 0 Å². The van der Waals surface area contributed by atoms with Gasteiger partial charge in [0.15, 0.2) is 0 Å². The number of nitrogens with zero attached hydrogens (tertiary/aromatic N) is 1. The Labute approximate surface area is 116 Å². The number of carbonyl (C=O) groups excluding carboxylic acids is 1. The molecular weight excluding hydrogens is 236 g/mol. The molecule has 1 aromatic rings. The van der Waals surface area contributed by atoms with Gasteiger partial charge >= 0.3 is 0 Å². The second-order valence-electron chi connectivity index (χ2n) is 5.21. The summed E-state index contributed by atoms with van der Waals surface area (Å²) < 4.78 is 0. The Morgan fingerprint density at radius 2 is 1.74 bits per heavy atom. The molecule has 1 aromatic carbocycles. The van der Waals surface area contributed by atoms with Gasteiger partial charge < -0.3 is 10.2 Å². The van der Waals surface area contributed by atoms with Crippen LogP contribution in [0.25, 0.3) is 0 Å². The van der Waals surface area contributed by atoms with Gasteiger partial charge in [-0.05, 0) is 18.4 Å². The summed E-state index contributed by atoms with van der Waals surface area (Å²) in [5, 5.41) is 3.34. The van der Waals surface area contributed by atoms with Crippen LogP contribution in [-0.4, -0.2) is 30.4 Å². The van der Waals surface area contributed by atoms with Crippen LogP contribution in [0.1, 0.15) is 37.7 Å². The molecule has 104 valence electrons. The predicted octanol–water partition coefficient (Wildman–Crippen LogP) is 2.57. The van der Waals surface area contributed by atoms with E-state index in [0.717, 1.165) is 26.2 Å². The monoisotopic (exact) mass is 260 g/mol. The Kier molecular flexibility index (Phi) is 5.89. The van der Waals surface area contributed by atoms with Crippen molar-refractivity contribution in [1.29, 1.82) is 0 Å². The highest BCUT2D eigenvalue weighted by molar-refractivity contribution is 5.76. The van der Waals surface area contributed by atoms with Crippen LogP contribution >= 0.6 is 0 Å². The van der Waals surface area contributed by atoms with Gasteiger partial charge in [0.05, 0.1) is 0 Å². The zero-order valence-electron chi connectivity index (χ0n) is 11.6. The molecule has 3 heteroatoms. The van der Waals surface area contributed by atoms with Crippen LogP contribution in [0.2, 0.25) is 0 Å². The van der Waals surface area contributed by atoms with Crippen LogP contribution in [0.15, 0.2) is 30.3 Å². The summed E-state index contributed by atoms with van der Waals surface area (Å²) in [5.74, 6) is 0.308. The minimum atomic E-state index is 0.308. The summed E-state index contributed by atoms with van der Waals surface area (Å²) in [4.78, 5) is 14.1. The van der Waals surface area contributed by atoms with Crippen molar-refractivity contribution in [2.45, 2.75) is 38.6 Å². The Morgan fingerprint density at radius 1 is 1.05 bits per heavy atom. The van der Waals surface area contributed by atoms with E-state index in [4.69, 9.17) is 0 Å². The van der Waals surface area contributed by atoms with Crippen molar-refractivity contribution in [1.82, 2.24) is 10.2 Å². The number of amides is 1. The van der Waals surface area contributed by atoms with E-state index in [1.165, 1.54) is 31.2 Å². The lowest BCUT2D eigenvalue weighted by atomic mass is 10.2. The van der Waals surface area contributed by atoms with E-state index in [1.54, 1.807) is 0 Å². The van der Waals surface area contributed by atoms with E-state index in [2.05, 4.69) is 17.4 Å². The fraction of sp³-hybridized carbons (Fsp3) is 0.562. The van der Waals surface area contributed by atoms with Gasteiger partial charge in [-0.2, -0.15) is 0 Å². The molecule has 1 saturated heterocycles. The lowest BCUT2D eigenvalue weighted by molar-refractivity contribution is -0.131. The topological polar surface area (TPSA) is 32.3 Å². The maximum absolute atomic E-state index is 12.0. The fourth-order valence-corrected chi connectivity index (χ4v) is 2.50. The first-order valence-electron chi connectivity index (χ1n) is 7.39. The van der Waals surface area contributed by atoms with Gasteiger partial charge in [0.25, 0.3) is 0 Å². The number of likely N-dealkylation sites (tertiary alicyclic amines) is 1. The van der Waals surface area contributed by atoms with Crippen molar-refractivity contribution in [3.63, 3.8) is 0 Å². The lowest BCUT2D eigenvalue weighted by Gasteiger charge is -2.20. The average Bonchev–Trinajstić information content (AvgIpc) is 2.73. The third-order valence-corrected chi connectivity index (χ3v) is 3.65. The zero-order valence-corrected chi connectivity index (χ0v) is 11.6. The molecular formula is C16H24N2O. The molecule has 0 bridgehead atoms. The maximum Gasteiger partial charge on any atom is 0.223 e. The lowest BCUT2D eigenvalue weighted by Crippen LogP contribution is -2.33. The highest BCUT2D eigenvalue weighted by Gasteiger charge is 2.14. The van der Waals surface area contributed by atoms with Gasteiger partial charge in [-0.15, -0.1) is 0 Å². The Hall–Kier alpha value is -1.35. The molecule has 1 aliphatic heterocycles. The fourth-order valence-electron chi connectivity index (χ4n) is 2.50. The van der Waals surface area contributed by atoms with Crippen molar-refractivity contribution in [2.75, 3.05) is 19.6 Å². The first-order chi connectivity index (χ1) is 9.36. The molecule has 0 radical (unpaired) electrons. The number of hydrogen-bond acceptors (Lipinski definition) is 2. The van der Waals surface area contributed by atoms with Crippen molar-refractivity contribution >= 4 is 5.91 Å². The Bertz CT molecular complexity index is 370. The van der Waals surface area contributed by atoms with Gasteiger partial charge in [-0.3, -0.25) is 4.79 Å². The summed E-state index contributed by atoms with van der Waals surface area (Å²) >= 11 is 0. The molecule has 0 atom stereocenters. The normalized spacial score (nSPS) is 16.1. The molecule has 1 amide bonds. The van der Waals surface area contributed by atoms with Crippen molar-refractivity contribution < 1.29 is 4.79 Å². The maximum atomic E-state index is 12.0. The Balaban J connectivity index is 1.63. The molecule has 1 N–H and O–H groups in total. The number of hydrogen-bond donors (Lipinski definition) is 1. The van der Waals surface area contributed by atoms with Gasteiger partial charge in [-0.1, -0.05) is 43.2 Å². The van der Waals surface area contributed by atoms with Gasteiger partial charge in [0.1, 0.15) is 0 Å². The van der Waals surface area contributed by atoms with Gasteiger partial charge in [-0.25, -0.2) is 0 Å². The van der Waals surface area contributed by atoms with Crippen LogP contribution in [0.3, 0.4) is 0 Å². The zero-order chi connectivity index (χ0) is 13.3. The molecule has 0 saturated carbocycles. The van der Waals surface area contributed by atoms with E-state index >= 15 is 0 Å². The van der Waals surface area contributed by atoms with Crippen LogP contribution < -0.4 is 5.32 Å². The number of nitrogens with one attached hydrogen (secondary N) is 1. The first-order valence-corrected chi connectivity index (χ1v) is 7.39. The molecule has 0 aromatic heterocycles. The highest BCUT2D eigenvalue weighted by Crippen LogP contribution is 2.10. The van der Waals surface area contributed by atoms with Gasteiger partial charge in [0, 0.05) is 32.6 Å². The van der Waals surface area contributed by atoms with E-state index in [-0.39, 0.29) is 0 Å². The summed E-state index contributed by atoms with van der Waals surface area (Å²) in [7, 11) is 0. The molecule has 0 unspecified atom stereocenters. The smallest absolute Gasteiger partial charge is 0.223 e. The summed E-state index contributed by atoms with van der Waals surface area (Å²) in [6, 6.07) is 10.3. The molecule has 0 spiro atoms. The second-order valence-corrected chi connectivity index (χ2v) is 5.21. The van der Waals surface area contributed by atoms with E-state index in [0.29, 0.717) is 12.3 Å². The standard InChI is InChI=1S/C16H24N2O/c19-16(18-12-6-1-2-7-13-18)10-11-17-14-15-8-4-3-5-9-15/h3-5,8-9,17H,1-2,6-7,10-14H2. The minimum Gasteiger partial charge on any atom is -0.343 e. The quantitative estimate of drug-likeness (QED) is 0.825. The van der Waals surface area contributed by atoms with Crippen LogP contribution in [0.5, 0.6) is 0 Å². The van der Waals surface area contributed by atoms with Crippen LogP contribution in [-0.2, 0) is 11.3 Å². The SMILES string of the molecule is O=C(CCNCc1ccccc1)N1CCCCCC1. The minimum absolute atomic E-state index is 0.308. The molecule has 1 heterocycles. The Morgan fingerprint density at radius 3 is 2.42 bits per heavy atom. The van der Waals surface area contributed by atoms with E-state index in [1.807, 2.05) is 23.1 Å².